The SMILES string of the molecule is O=C1[C@H]2[C@H](CC=C3[C@H]2C[C@H]2C(=O)N(c4ccc(Nc5ccccc5)cc4)C(=O)[C@H]2[C@H]3c2cc(Cl)ccc2O)C(=O)N1c1ccc(Nc2ccccc2)cc1. The van der Waals surface area contributed by atoms with Crippen molar-refractivity contribution in [3.8, 4) is 5.75 Å². The third kappa shape index (κ3) is 5.63. The third-order valence-electron chi connectivity index (χ3n) is 11.3. The molecule has 4 amide bonds. The van der Waals surface area contributed by atoms with E-state index in [9.17, 15) is 24.3 Å². The van der Waals surface area contributed by atoms with Gasteiger partial charge in [-0.1, -0.05) is 59.6 Å². The van der Waals surface area contributed by atoms with E-state index in [-0.39, 0.29) is 35.8 Å². The first-order valence-corrected chi connectivity index (χ1v) is 18.4. The summed E-state index contributed by atoms with van der Waals surface area (Å²) in [4.78, 5) is 60.0. The van der Waals surface area contributed by atoms with E-state index >= 15 is 0 Å². The van der Waals surface area contributed by atoms with E-state index in [4.69, 9.17) is 11.6 Å². The number of phenols is 1. The highest BCUT2D eigenvalue weighted by atomic mass is 35.5. The van der Waals surface area contributed by atoms with Crippen molar-refractivity contribution in [2.24, 2.45) is 29.6 Å². The topological polar surface area (TPSA) is 119 Å². The Morgan fingerprint density at radius 2 is 1.06 bits per heavy atom. The van der Waals surface area contributed by atoms with Crippen molar-refractivity contribution in [3.63, 3.8) is 0 Å². The van der Waals surface area contributed by atoms with Crippen molar-refractivity contribution in [3.05, 3.63) is 150 Å². The zero-order valence-corrected chi connectivity index (χ0v) is 29.7. The average molecular weight is 735 g/mol. The second-order valence-electron chi connectivity index (χ2n) is 14.3. The van der Waals surface area contributed by atoms with E-state index in [1.807, 2.05) is 91.0 Å². The first-order valence-electron chi connectivity index (χ1n) is 18.0. The van der Waals surface area contributed by atoms with Gasteiger partial charge in [-0.05, 0) is 110 Å². The van der Waals surface area contributed by atoms with Gasteiger partial charge in [0.05, 0.1) is 35.0 Å². The zero-order chi connectivity index (χ0) is 37.1. The normalized spacial score (nSPS) is 24.5. The number of nitrogens with zero attached hydrogens (tertiary/aromatic N) is 2. The fourth-order valence-corrected chi connectivity index (χ4v) is 9.16. The number of hydrogen-bond acceptors (Lipinski definition) is 7. The van der Waals surface area contributed by atoms with Crippen molar-refractivity contribution in [2.75, 3.05) is 20.4 Å². The zero-order valence-electron chi connectivity index (χ0n) is 28.9. The Morgan fingerprint density at radius 1 is 0.556 bits per heavy atom. The first kappa shape index (κ1) is 33.6. The van der Waals surface area contributed by atoms with Gasteiger partial charge >= 0.3 is 0 Å². The Morgan fingerprint density at radius 3 is 1.61 bits per heavy atom. The molecule has 268 valence electrons. The Balaban J connectivity index is 1.04. The highest BCUT2D eigenvalue weighted by molar-refractivity contribution is 6.30. The van der Waals surface area contributed by atoms with E-state index < -0.39 is 35.5 Å². The van der Waals surface area contributed by atoms with E-state index in [2.05, 4.69) is 10.6 Å². The summed E-state index contributed by atoms with van der Waals surface area (Å²) in [7, 11) is 0. The number of amides is 4. The van der Waals surface area contributed by atoms with Gasteiger partial charge in [0.2, 0.25) is 23.6 Å². The van der Waals surface area contributed by atoms with Crippen LogP contribution in [0.3, 0.4) is 0 Å². The number of nitrogens with one attached hydrogen (secondary N) is 2. The molecule has 9 rings (SSSR count). The van der Waals surface area contributed by atoms with Crippen LogP contribution in [0.1, 0.15) is 24.3 Å². The number of para-hydroxylation sites is 2. The number of hydrogen-bond donors (Lipinski definition) is 3. The van der Waals surface area contributed by atoms with Gasteiger partial charge in [-0.2, -0.15) is 0 Å². The number of carbonyl (C=O) groups excluding carboxylic acids is 4. The summed E-state index contributed by atoms with van der Waals surface area (Å²) in [5, 5.41) is 18.3. The van der Waals surface area contributed by atoms with E-state index in [0.29, 0.717) is 28.4 Å². The van der Waals surface area contributed by atoms with Crippen LogP contribution in [0.25, 0.3) is 0 Å². The molecule has 54 heavy (non-hydrogen) atoms. The van der Waals surface area contributed by atoms with Gasteiger partial charge in [-0.15, -0.1) is 0 Å². The van der Waals surface area contributed by atoms with Crippen molar-refractivity contribution in [2.45, 2.75) is 18.8 Å². The minimum absolute atomic E-state index is 0.0542. The maximum absolute atomic E-state index is 14.5. The molecule has 3 N–H and O–H groups in total. The van der Waals surface area contributed by atoms with Gasteiger partial charge in [0, 0.05) is 39.3 Å². The maximum Gasteiger partial charge on any atom is 0.238 e. The molecule has 0 radical (unpaired) electrons. The lowest BCUT2D eigenvalue weighted by Gasteiger charge is -2.44. The summed E-state index contributed by atoms with van der Waals surface area (Å²) in [5.41, 5.74) is 5.53. The summed E-state index contributed by atoms with van der Waals surface area (Å²) < 4.78 is 0. The summed E-state index contributed by atoms with van der Waals surface area (Å²) in [6, 6.07) is 38.4. The van der Waals surface area contributed by atoms with Crippen LogP contribution < -0.4 is 20.4 Å². The number of phenolic OH excluding ortho intramolecular Hbond substituents is 1. The van der Waals surface area contributed by atoms with Gasteiger partial charge in [0.25, 0.3) is 0 Å². The van der Waals surface area contributed by atoms with Gasteiger partial charge in [0.1, 0.15) is 5.75 Å². The largest absolute Gasteiger partial charge is 0.508 e. The molecule has 4 aliphatic rings. The van der Waals surface area contributed by atoms with Gasteiger partial charge < -0.3 is 15.7 Å². The number of fused-ring (bicyclic) bond motifs is 4. The van der Waals surface area contributed by atoms with Crippen molar-refractivity contribution >= 4 is 69.4 Å². The highest BCUT2D eigenvalue weighted by Crippen LogP contribution is 2.59. The van der Waals surface area contributed by atoms with E-state index in [0.717, 1.165) is 28.3 Å². The fourth-order valence-electron chi connectivity index (χ4n) is 8.98. The van der Waals surface area contributed by atoms with E-state index in [1.165, 1.54) is 15.9 Å². The molecule has 1 saturated carbocycles. The lowest BCUT2D eigenvalue weighted by molar-refractivity contribution is -0.126. The molecule has 0 bridgehead atoms. The van der Waals surface area contributed by atoms with Crippen LogP contribution in [-0.2, 0) is 19.2 Å². The molecular weight excluding hydrogens is 700 g/mol. The maximum atomic E-state index is 14.5. The Hall–Kier alpha value is -6.19. The molecule has 2 saturated heterocycles. The van der Waals surface area contributed by atoms with E-state index in [1.54, 1.807) is 36.4 Å². The molecule has 3 fully saturated rings. The minimum atomic E-state index is -0.837. The van der Waals surface area contributed by atoms with Crippen LogP contribution in [0.2, 0.25) is 5.02 Å². The molecule has 6 atom stereocenters. The predicted octanol–water partition coefficient (Wildman–Crippen LogP) is 8.58. The number of imide groups is 2. The fraction of sp³-hybridized carbons (Fsp3) is 0.182. The number of aromatic hydroxyl groups is 1. The second kappa shape index (κ2) is 13.3. The monoisotopic (exact) mass is 734 g/mol. The van der Waals surface area contributed by atoms with Crippen LogP contribution in [0.15, 0.2) is 139 Å². The lowest BCUT2D eigenvalue weighted by Crippen LogP contribution is -2.43. The molecule has 2 heterocycles. The molecule has 9 nitrogen and oxygen atoms in total. The first-order chi connectivity index (χ1) is 26.3. The Kier molecular flexibility index (Phi) is 8.31. The van der Waals surface area contributed by atoms with Crippen LogP contribution >= 0.6 is 11.6 Å². The van der Waals surface area contributed by atoms with Crippen LogP contribution in [0.4, 0.5) is 34.1 Å². The minimum Gasteiger partial charge on any atom is -0.508 e. The average Bonchev–Trinajstić information content (AvgIpc) is 3.60. The quantitative estimate of drug-likeness (QED) is 0.113. The van der Waals surface area contributed by atoms with Gasteiger partial charge in [-0.25, -0.2) is 0 Å². The third-order valence-corrected chi connectivity index (χ3v) is 11.6. The van der Waals surface area contributed by atoms with Gasteiger partial charge in [-0.3, -0.25) is 29.0 Å². The predicted molar refractivity (Wildman–Crippen MR) is 208 cm³/mol. The van der Waals surface area contributed by atoms with Crippen LogP contribution in [0.5, 0.6) is 5.75 Å². The number of rotatable bonds is 7. The summed E-state index contributed by atoms with van der Waals surface area (Å²) >= 11 is 6.48. The molecule has 2 aliphatic carbocycles. The Labute approximate surface area is 316 Å². The van der Waals surface area contributed by atoms with Crippen LogP contribution in [0, 0.1) is 29.6 Å². The number of allylic oxidation sites excluding steroid dienone is 2. The molecule has 0 unspecified atom stereocenters. The number of halogens is 1. The van der Waals surface area contributed by atoms with Crippen molar-refractivity contribution in [1.82, 2.24) is 0 Å². The molecular formula is C44H35ClN4O5. The summed E-state index contributed by atoms with van der Waals surface area (Å²) in [5.74, 6) is -5.62. The number of benzene rings is 5. The molecule has 2 aliphatic heterocycles. The Bertz CT molecular complexity index is 2330. The molecule has 5 aromatic carbocycles. The molecule has 0 spiro atoms. The lowest BCUT2D eigenvalue weighted by atomic mass is 9.57. The highest BCUT2D eigenvalue weighted by Gasteiger charge is 2.62. The molecule has 10 heteroatoms. The van der Waals surface area contributed by atoms with Crippen molar-refractivity contribution < 1.29 is 24.3 Å². The van der Waals surface area contributed by atoms with Gasteiger partial charge in [0.15, 0.2) is 0 Å². The smallest absolute Gasteiger partial charge is 0.238 e. The van der Waals surface area contributed by atoms with Crippen molar-refractivity contribution in [1.29, 1.82) is 0 Å². The van der Waals surface area contributed by atoms with Crippen LogP contribution in [-0.4, -0.2) is 28.7 Å². The number of anilines is 6. The number of carbonyl (C=O) groups is 4. The standard InChI is InChI=1S/C44H35ClN4O5/c45-25-11-22-37(50)35(23-25)38-32-20-21-33-39(43(53)48(41(33)51)30-16-12-28(13-17-30)46-26-7-3-1-4-8-26)34(32)24-36-40(38)44(54)49(42(36)52)31-18-14-29(15-19-31)47-27-9-5-2-6-10-27/h1-20,22-23,33-34,36,38-40,46-47,50H,21,24H2/t33-,34+,36+,38+,39-,40+/m0/s1. The second-order valence-corrected chi connectivity index (χ2v) is 14.8. The molecule has 5 aromatic rings. The summed E-state index contributed by atoms with van der Waals surface area (Å²) in [6.07, 6.45) is 2.47. The summed E-state index contributed by atoms with van der Waals surface area (Å²) in [6.45, 7) is 0. The molecule has 0 aromatic heterocycles.